The fourth-order valence-electron chi connectivity index (χ4n) is 3.71. The van der Waals surface area contributed by atoms with Crippen molar-refractivity contribution in [3.63, 3.8) is 0 Å². The summed E-state index contributed by atoms with van der Waals surface area (Å²) >= 11 is 0. The van der Waals surface area contributed by atoms with Gasteiger partial charge in [-0.25, -0.2) is 0 Å². The third-order valence-corrected chi connectivity index (χ3v) is 5.22. The molecular weight excluding hydrogens is 393 g/mol. The van der Waals surface area contributed by atoms with Crippen LogP contribution in [0.3, 0.4) is 0 Å². The summed E-state index contributed by atoms with van der Waals surface area (Å²) in [6.45, 7) is 2.76. The predicted octanol–water partition coefficient (Wildman–Crippen LogP) is 5.03. The van der Waals surface area contributed by atoms with E-state index in [0.717, 1.165) is 40.6 Å². The van der Waals surface area contributed by atoms with Gasteiger partial charge in [0.2, 0.25) is 5.91 Å². The first-order valence-electron chi connectivity index (χ1n) is 9.86. The Balaban J connectivity index is 2.04. The van der Waals surface area contributed by atoms with Crippen LogP contribution in [0.2, 0.25) is 0 Å². The number of alkyl halides is 3. The summed E-state index contributed by atoms with van der Waals surface area (Å²) in [5, 5.41) is 3.68. The lowest BCUT2D eigenvalue weighted by Gasteiger charge is -2.19. The van der Waals surface area contributed by atoms with Gasteiger partial charge in [0.1, 0.15) is 0 Å². The van der Waals surface area contributed by atoms with Gasteiger partial charge in [0.15, 0.2) is 0 Å². The summed E-state index contributed by atoms with van der Waals surface area (Å²) in [6.07, 6.45) is -1.79. The van der Waals surface area contributed by atoms with E-state index >= 15 is 0 Å². The lowest BCUT2D eigenvalue weighted by Crippen LogP contribution is -2.28. The number of fused-ring (bicyclic) bond motifs is 1. The number of hydrogen-bond acceptors (Lipinski definition) is 2. The monoisotopic (exact) mass is 418 g/mol. The van der Waals surface area contributed by atoms with Crippen molar-refractivity contribution >= 4 is 16.8 Å². The highest BCUT2D eigenvalue weighted by atomic mass is 19.4. The molecule has 7 heteroatoms. The number of aryl methyl sites for hydroxylation is 1. The van der Waals surface area contributed by atoms with Gasteiger partial charge < -0.3 is 15.0 Å². The van der Waals surface area contributed by atoms with Crippen molar-refractivity contribution in [2.75, 3.05) is 20.3 Å². The van der Waals surface area contributed by atoms with E-state index in [4.69, 9.17) is 4.74 Å². The van der Waals surface area contributed by atoms with Crippen LogP contribution in [0.25, 0.3) is 10.9 Å². The molecule has 4 nitrogen and oxygen atoms in total. The lowest BCUT2D eigenvalue weighted by molar-refractivity contribution is -0.137. The molecule has 0 unspecified atom stereocenters. The third-order valence-electron chi connectivity index (χ3n) is 5.22. The zero-order valence-electron chi connectivity index (χ0n) is 17.0. The molecule has 0 saturated carbocycles. The predicted molar refractivity (Wildman–Crippen MR) is 110 cm³/mol. The Morgan fingerprint density at radius 1 is 1.20 bits per heavy atom. The summed E-state index contributed by atoms with van der Waals surface area (Å²) in [7, 11) is 1.54. The summed E-state index contributed by atoms with van der Waals surface area (Å²) in [4.78, 5) is 15.8. The van der Waals surface area contributed by atoms with Crippen LogP contribution in [0.5, 0.6) is 0 Å². The standard InChI is InChI=1S/C23H25F3N2O2/c1-3-15-6-5-9-18-20(14-28-22(15)18)19(13-21(29)27-10-11-30-2)16-7-4-8-17(12-16)23(24,25)26/h4-9,12,14,19,28H,3,10-11,13H2,1-2H3,(H,27,29)/t19-/m0/s1. The van der Waals surface area contributed by atoms with Crippen LogP contribution in [0.15, 0.2) is 48.7 Å². The van der Waals surface area contributed by atoms with Crippen molar-refractivity contribution in [2.24, 2.45) is 0 Å². The van der Waals surface area contributed by atoms with Crippen LogP contribution in [-0.2, 0) is 22.1 Å². The molecule has 1 amide bonds. The van der Waals surface area contributed by atoms with E-state index in [1.807, 2.05) is 25.1 Å². The molecule has 3 aromatic rings. The van der Waals surface area contributed by atoms with Crippen molar-refractivity contribution in [3.05, 3.63) is 70.9 Å². The summed E-state index contributed by atoms with van der Waals surface area (Å²) < 4.78 is 44.8. The molecule has 0 aliphatic carbocycles. The first kappa shape index (κ1) is 21.9. The van der Waals surface area contributed by atoms with Crippen LogP contribution in [0.4, 0.5) is 13.2 Å². The van der Waals surface area contributed by atoms with E-state index in [-0.39, 0.29) is 12.3 Å². The van der Waals surface area contributed by atoms with E-state index in [1.54, 1.807) is 12.3 Å². The van der Waals surface area contributed by atoms with Gasteiger partial charge in [0.05, 0.1) is 12.2 Å². The number of carbonyl (C=O) groups excluding carboxylic acids is 1. The molecule has 30 heavy (non-hydrogen) atoms. The van der Waals surface area contributed by atoms with Gasteiger partial charge in [0, 0.05) is 43.1 Å². The zero-order chi connectivity index (χ0) is 21.7. The largest absolute Gasteiger partial charge is 0.416 e. The van der Waals surface area contributed by atoms with Gasteiger partial charge in [0.25, 0.3) is 0 Å². The number of aromatic amines is 1. The van der Waals surface area contributed by atoms with Gasteiger partial charge in [-0.2, -0.15) is 13.2 Å². The molecule has 0 radical (unpaired) electrons. The molecule has 3 rings (SSSR count). The van der Waals surface area contributed by atoms with Crippen LogP contribution in [0.1, 0.15) is 41.5 Å². The Labute approximate surface area is 173 Å². The molecule has 0 spiro atoms. The number of nitrogens with one attached hydrogen (secondary N) is 2. The van der Waals surface area contributed by atoms with Crippen LogP contribution in [0, 0.1) is 0 Å². The topological polar surface area (TPSA) is 54.1 Å². The first-order chi connectivity index (χ1) is 14.3. The van der Waals surface area contributed by atoms with E-state index in [2.05, 4.69) is 10.3 Å². The minimum Gasteiger partial charge on any atom is -0.383 e. The zero-order valence-corrected chi connectivity index (χ0v) is 17.0. The van der Waals surface area contributed by atoms with Crippen LogP contribution < -0.4 is 5.32 Å². The minimum absolute atomic E-state index is 0.0360. The van der Waals surface area contributed by atoms with Crippen molar-refractivity contribution in [1.82, 2.24) is 10.3 Å². The molecule has 1 aromatic heterocycles. The Morgan fingerprint density at radius 3 is 2.67 bits per heavy atom. The Hall–Kier alpha value is -2.80. The second kappa shape index (κ2) is 9.34. The lowest BCUT2D eigenvalue weighted by atomic mass is 9.86. The van der Waals surface area contributed by atoms with Gasteiger partial charge in [-0.1, -0.05) is 43.3 Å². The highest BCUT2D eigenvalue weighted by molar-refractivity contribution is 5.88. The molecule has 0 saturated heterocycles. The summed E-state index contributed by atoms with van der Waals surface area (Å²) in [5.41, 5.74) is 2.60. The summed E-state index contributed by atoms with van der Waals surface area (Å²) in [6, 6.07) is 11.1. The number of carbonyl (C=O) groups is 1. The fourth-order valence-corrected chi connectivity index (χ4v) is 3.71. The Bertz CT molecular complexity index is 1010. The second-order valence-electron chi connectivity index (χ2n) is 7.16. The Morgan fingerprint density at radius 2 is 1.97 bits per heavy atom. The average Bonchev–Trinajstić information content (AvgIpc) is 3.15. The molecule has 0 fully saturated rings. The minimum atomic E-state index is -4.45. The number of ether oxygens (including phenoxy) is 1. The number of methoxy groups -OCH3 is 1. The van der Waals surface area contributed by atoms with Crippen molar-refractivity contribution in [2.45, 2.75) is 31.9 Å². The number of benzene rings is 2. The fraction of sp³-hybridized carbons (Fsp3) is 0.348. The number of hydrogen-bond donors (Lipinski definition) is 2. The number of para-hydroxylation sites is 1. The molecule has 1 heterocycles. The van der Waals surface area contributed by atoms with Crippen molar-refractivity contribution in [1.29, 1.82) is 0 Å². The van der Waals surface area contributed by atoms with Crippen molar-refractivity contribution in [3.8, 4) is 0 Å². The van der Waals surface area contributed by atoms with E-state index in [9.17, 15) is 18.0 Å². The first-order valence-corrected chi connectivity index (χ1v) is 9.86. The van der Waals surface area contributed by atoms with Gasteiger partial charge in [-0.05, 0) is 29.2 Å². The quantitative estimate of drug-likeness (QED) is 0.504. The normalized spacial score (nSPS) is 12.8. The molecule has 0 aliphatic heterocycles. The number of rotatable bonds is 8. The van der Waals surface area contributed by atoms with Crippen LogP contribution in [-0.4, -0.2) is 31.2 Å². The number of aromatic nitrogens is 1. The average molecular weight is 418 g/mol. The molecule has 1 atom stereocenters. The molecular formula is C23H25F3N2O2. The van der Waals surface area contributed by atoms with Crippen LogP contribution >= 0.6 is 0 Å². The number of H-pyrrole nitrogens is 1. The molecule has 160 valence electrons. The van der Waals surface area contributed by atoms with Gasteiger partial charge >= 0.3 is 6.18 Å². The van der Waals surface area contributed by atoms with Gasteiger partial charge in [-0.3, -0.25) is 4.79 Å². The number of amides is 1. The Kier molecular flexibility index (Phi) is 6.82. The van der Waals surface area contributed by atoms with Crippen molar-refractivity contribution < 1.29 is 22.7 Å². The molecule has 2 N–H and O–H groups in total. The highest BCUT2D eigenvalue weighted by Gasteiger charge is 2.32. The second-order valence-corrected chi connectivity index (χ2v) is 7.16. The molecule has 0 bridgehead atoms. The van der Waals surface area contributed by atoms with Gasteiger partial charge in [-0.15, -0.1) is 0 Å². The summed E-state index contributed by atoms with van der Waals surface area (Å²) in [5.74, 6) is -0.758. The van der Waals surface area contributed by atoms with E-state index in [0.29, 0.717) is 18.7 Å². The van der Waals surface area contributed by atoms with E-state index < -0.39 is 17.7 Å². The molecule has 2 aromatic carbocycles. The maximum absolute atomic E-state index is 13.3. The van der Waals surface area contributed by atoms with E-state index in [1.165, 1.54) is 13.2 Å². The third kappa shape index (κ3) is 4.84. The highest BCUT2D eigenvalue weighted by Crippen LogP contribution is 2.37. The molecule has 0 aliphatic rings. The maximum atomic E-state index is 13.3. The number of halogens is 3. The smallest absolute Gasteiger partial charge is 0.383 e. The SMILES string of the molecule is CCc1cccc2c([C@@H](CC(=O)NCCOC)c3cccc(C(F)(F)F)c3)c[nH]c12. The maximum Gasteiger partial charge on any atom is 0.416 e.